The van der Waals surface area contributed by atoms with Gasteiger partial charge in [-0.1, -0.05) is 31.0 Å². The molecule has 0 radical (unpaired) electrons. The molecule has 1 saturated heterocycles. The van der Waals surface area contributed by atoms with Crippen molar-refractivity contribution in [3.63, 3.8) is 0 Å². The van der Waals surface area contributed by atoms with E-state index in [2.05, 4.69) is 5.32 Å². The number of nitrogens with zero attached hydrogens (tertiary/aromatic N) is 3. The molecule has 1 aromatic heterocycles. The molecular formula is C22H27ClN4O4. The van der Waals surface area contributed by atoms with E-state index in [0.717, 1.165) is 30.4 Å². The maximum absolute atomic E-state index is 13.0. The average molecular weight is 447 g/mol. The number of carbonyl (C=O) groups excluding carboxylic acids is 2. The molecule has 2 amide bonds. The van der Waals surface area contributed by atoms with Crippen LogP contribution in [0.1, 0.15) is 49.4 Å². The molecule has 1 aliphatic heterocycles. The summed E-state index contributed by atoms with van der Waals surface area (Å²) in [6, 6.07) is 6.41. The molecule has 31 heavy (non-hydrogen) atoms. The molecule has 0 spiro atoms. The molecule has 8 nitrogen and oxygen atoms in total. The maximum atomic E-state index is 13.0. The summed E-state index contributed by atoms with van der Waals surface area (Å²) in [5.41, 5.74) is -0.986. The maximum Gasteiger partial charge on any atom is 0.335 e. The van der Waals surface area contributed by atoms with Crippen LogP contribution >= 0.6 is 11.6 Å². The Hall–Kier alpha value is -2.87. The van der Waals surface area contributed by atoms with Crippen LogP contribution in [0.25, 0.3) is 5.69 Å². The van der Waals surface area contributed by atoms with Gasteiger partial charge >= 0.3 is 5.69 Å². The van der Waals surface area contributed by atoms with Crippen LogP contribution in [-0.2, 0) is 11.3 Å². The van der Waals surface area contributed by atoms with Crippen molar-refractivity contribution < 1.29 is 9.59 Å². The molecule has 1 aliphatic rings. The second kappa shape index (κ2) is 10.4. The molecule has 1 N–H and O–H groups in total. The van der Waals surface area contributed by atoms with Crippen LogP contribution in [-0.4, -0.2) is 45.5 Å². The fourth-order valence-corrected chi connectivity index (χ4v) is 3.78. The van der Waals surface area contributed by atoms with Gasteiger partial charge in [0.05, 0.1) is 5.69 Å². The number of benzene rings is 1. The van der Waals surface area contributed by atoms with E-state index in [-0.39, 0.29) is 11.5 Å². The van der Waals surface area contributed by atoms with Crippen molar-refractivity contribution in [2.75, 3.05) is 19.6 Å². The Morgan fingerprint density at radius 1 is 1.16 bits per heavy atom. The first-order valence-electron chi connectivity index (χ1n) is 10.6. The van der Waals surface area contributed by atoms with E-state index >= 15 is 0 Å². The Bertz CT molecular complexity index is 1080. The van der Waals surface area contributed by atoms with Gasteiger partial charge in [0.15, 0.2) is 0 Å². The lowest BCUT2D eigenvalue weighted by Gasteiger charge is -2.16. The summed E-state index contributed by atoms with van der Waals surface area (Å²) in [4.78, 5) is 52.2. The molecule has 0 aliphatic carbocycles. The van der Waals surface area contributed by atoms with Crippen LogP contribution in [0, 0.1) is 0 Å². The van der Waals surface area contributed by atoms with Crippen molar-refractivity contribution in [2.24, 2.45) is 0 Å². The van der Waals surface area contributed by atoms with Gasteiger partial charge in [-0.2, -0.15) is 0 Å². The summed E-state index contributed by atoms with van der Waals surface area (Å²) >= 11 is 6.04. The second-order valence-corrected chi connectivity index (χ2v) is 8.02. The van der Waals surface area contributed by atoms with Crippen molar-refractivity contribution in [1.29, 1.82) is 0 Å². The molecule has 166 valence electrons. The minimum absolute atomic E-state index is 0.104. The lowest BCUT2D eigenvalue weighted by Crippen LogP contribution is -2.43. The molecule has 0 unspecified atom stereocenters. The number of nitrogens with one attached hydrogen (secondary N) is 1. The summed E-state index contributed by atoms with van der Waals surface area (Å²) in [6.07, 6.45) is 4.97. The smallest absolute Gasteiger partial charge is 0.335 e. The highest BCUT2D eigenvalue weighted by atomic mass is 35.5. The summed E-state index contributed by atoms with van der Waals surface area (Å²) in [6.45, 7) is 4.04. The second-order valence-electron chi connectivity index (χ2n) is 7.59. The predicted octanol–water partition coefficient (Wildman–Crippen LogP) is 2.19. The molecule has 2 aromatic rings. The minimum Gasteiger partial charge on any atom is -0.352 e. The van der Waals surface area contributed by atoms with Gasteiger partial charge in [0.1, 0.15) is 5.56 Å². The van der Waals surface area contributed by atoms with Gasteiger partial charge in [0.2, 0.25) is 5.91 Å². The van der Waals surface area contributed by atoms with E-state index in [1.54, 1.807) is 23.1 Å². The van der Waals surface area contributed by atoms with Crippen LogP contribution in [0.4, 0.5) is 0 Å². The van der Waals surface area contributed by atoms with Crippen LogP contribution in [0.2, 0.25) is 5.02 Å². The Kier molecular flexibility index (Phi) is 7.68. The topological polar surface area (TPSA) is 93.4 Å². The van der Waals surface area contributed by atoms with E-state index in [0.29, 0.717) is 43.2 Å². The van der Waals surface area contributed by atoms with E-state index in [1.807, 2.05) is 6.92 Å². The molecule has 1 aromatic carbocycles. The van der Waals surface area contributed by atoms with Crippen molar-refractivity contribution >= 4 is 23.4 Å². The first-order chi connectivity index (χ1) is 14.9. The van der Waals surface area contributed by atoms with Gasteiger partial charge in [-0.05, 0) is 37.5 Å². The van der Waals surface area contributed by atoms with Crippen LogP contribution in [0.5, 0.6) is 0 Å². The highest BCUT2D eigenvalue weighted by Gasteiger charge is 2.20. The number of hydrogen-bond donors (Lipinski definition) is 1. The number of aromatic nitrogens is 2. The molecule has 2 heterocycles. The number of halogens is 1. The molecule has 3 rings (SSSR count). The summed E-state index contributed by atoms with van der Waals surface area (Å²) < 4.78 is 2.38. The van der Waals surface area contributed by atoms with E-state index < -0.39 is 17.2 Å². The van der Waals surface area contributed by atoms with Crippen molar-refractivity contribution in [3.05, 3.63) is 61.9 Å². The molecule has 1 fully saturated rings. The molecule has 0 saturated carbocycles. The number of unbranched alkanes of at least 4 members (excludes halogenated alkanes) is 1. The monoisotopic (exact) mass is 446 g/mol. The number of aryl methyl sites for hydroxylation is 1. The highest BCUT2D eigenvalue weighted by Crippen LogP contribution is 2.12. The van der Waals surface area contributed by atoms with Gasteiger partial charge in [0.25, 0.3) is 11.5 Å². The number of hydrogen-bond acceptors (Lipinski definition) is 4. The van der Waals surface area contributed by atoms with Crippen LogP contribution < -0.4 is 16.6 Å². The highest BCUT2D eigenvalue weighted by molar-refractivity contribution is 6.30. The molecule has 9 heteroatoms. The van der Waals surface area contributed by atoms with E-state index in [9.17, 15) is 19.2 Å². The standard InChI is InChI=1S/C22H27ClN4O4/c1-2-3-11-26-15-18(20(29)24-10-6-13-25-12-5-9-19(25)28)21(30)27(22(26)31)17-8-4-7-16(23)14-17/h4,7-8,14-15H,2-3,5-6,9-13H2,1H3,(H,24,29). The van der Waals surface area contributed by atoms with Gasteiger partial charge in [-0.25, -0.2) is 9.36 Å². The first kappa shape index (κ1) is 22.8. The first-order valence-corrected chi connectivity index (χ1v) is 11.0. The number of likely N-dealkylation sites (tertiary alicyclic amines) is 1. The Balaban J connectivity index is 1.83. The third kappa shape index (κ3) is 5.44. The fourth-order valence-electron chi connectivity index (χ4n) is 3.60. The van der Waals surface area contributed by atoms with Gasteiger partial charge < -0.3 is 10.2 Å². The molecule has 0 atom stereocenters. The van der Waals surface area contributed by atoms with E-state index in [4.69, 9.17) is 11.6 Å². The zero-order valence-electron chi connectivity index (χ0n) is 17.6. The minimum atomic E-state index is -0.688. The molecule has 0 bridgehead atoms. The summed E-state index contributed by atoms with van der Waals surface area (Å²) in [5, 5.41) is 3.12. The van der Waals surface area contributed by atoms with Gasteiger partial charge in [-0.15, -0.1) is 0 Å². The summed E-state index contributed by atoms with van der Waals surface area (Å²) in [7, 11) is 0. The van der Waals surface area contributed by atoms with Gasteiger partial charge in [0, 0.05) is 43.8 Å². The van der Waals surface area contributed by atoms with Crippen molar-refractivity contribution in [1.82, 2.24) is 19.4 Å². The van der Waals surface area contributed by atoms with Crippen molar-refractivity contribution in [2.45, 2.75) is 45.6 Å². The third-order valence-electron chi connectivity index (χ3n) is 5.28. The number of carbonyl (C=O) groups is 2. The largest absolute Gasteiger partial charge is 0.352 e. The molecular weight excluding hydrogens is 420 g/mol. The Morgan fingerprint density at radius 3 is 2.65 bits per heavy atom. The lowest BCUT2D eigenvalue weighted by atomic mass is 10.2. The normalized spacial score (nSPS) is 13.6. The Labute approximate surface area is 185 Å². The zero-order valence-corrected chi connectivity index (χ0v) is 18.4. The van der Waals surface area contributed by atoms with E-state index in [1.165, 1.54) is 16.8 Å². The predicted molar refractivity (Wildman–Crippen MR) is 119 cm³/mol. The quantitative estimate of drug-likeness (QED) is 0.597. The van der Waals surface area contributed by atoms with Crippen molar-refractivity contribution in [3.8, 4) is 5.69 Å². The zero-order chi connectivity index (χ0) is 22.4. The third-order valence-corrected chi connectivity index (χ3v) is 5.52. The lowest BCUT2D eigenvalue weighted by molar-refractivity contribution is -0.127. The van der Waals surface area contributed by atoms with Gasteiger partial charge in [-0.3, -0.25) is 19.0 Å². The van der Waals surface area contributed by atoms with Crippen LogP contribution in [0.3, 0.4) is 0 Å². The summed E-state index contributed by atoms with van der Waals surface area (Å²) in [5.74, 6) is -0.405. The number of rotatable bonds is 9. The average Bonchev–Trinajstić information content (AvgIpc) is 3.15. The van der Waals surface area contributed by atoms with Crippen LogP contribution in [0.15, 0.2) is 40.1 Å². The number of amides is 2. The fraction of sp³-hybridized carbons (Fsp3) is 0.455. The SMILES string of the molecule is CCCCn1cc(C(=O)NCCCN2CCCC2=O)c(=O)n(-c2cccc(Cl)c2)c1=O. The Morgan fingerprint density at radius 2 is 1.97 bits per heavy atom.